The number of para-hydroxylation sites is 1. The first-order chi connectivity index (χ1) is 7.66. The monoisotopic (exact) mass is 240 g/mol. The predicted octanol–water partition coefficient (Wildman–Crippen LogP) is 1.02. The summed E-state index contributed by atoms with van der Waals surface area (Å²) in [4.78, 5) is 11.0. The van der Waals surface area contributed by atoms with Gasteiger partial charge in [0.15, 0.2) is 0 Å². The molecule has 4 nitrogen and oxygen atoms in total. The molecule has 1 aromatic rings. The lowest BCUT2D eigenvalue weighted by Crippen LogP contribution is -2.30. The number of hydrogen-bond donors (Lipinski definition) is 3. The summed E-state index contributed by atoms with van der Waals surface area (Å²) in [5.41, 5.74) is 0.742. The van der Waals surface area contributed by atoms with Crippen molar-refractivity contribution in [1.82, 2.24) is 10.6 Å². The molecule has 1 fully saturated rings. The Kier molecular flexibility index (Phi) is 3.31. The molecule has 1 unspecified atom stereocenters. The summed E-state index contributed by atoms with van der Waals surface area (Å²) < 4.78 is 0. The van der Waals surface area contributed by atoms with Crippen molar-refractivity contribution in [3.63, 3.8) is 0 Å². The van der Waals surface area contributed by atoms with Gasteiger partial charge in [-0.25, -0.2) is 0 Å². The molecule has 1 atom stereocenters. The van der Waals surface area contributed by atoms with E-state index in [4.69, 9.17) is 11.6 Å². The van der Waals surface area contributed by atoms with Crippen molar-refractivity contribution in [2.24, 2.45) is 0 Å². The van der Waals surface area contributed by atoms with Gasteiger partial charge in [0.25, 0.3) is 0 Å². The number of aromatic hydroxyl groups is 1. The molecule has 0 bridgehead atoms. The van der Waals surface area contributed by atoms with Crippen LogP contribution in [-0.4, -0.2) is 23.6 Å². The number of nitrogens with one attached hydrogen (secondary N) is 2. The molecule has 86 valence electrons. The molecule has 0 spiro atoms. The van der Waals surface area contributed by atoms with Crippen molar-refractivity contribution in [1.29, 1.82) is 0 Å². The molecule has 0 aromatic heterocycles. The minimum atomic E-state index is 0.0628. The Morgan fingerprint density at radius 1 is 1.56 bits per heavy atom. The number of halogens is 1. The first-order valence-corrected chi connectivity index (χ1v) is 5.51. The van der Waals surface area contributed by atoms with E-state index >= 15 is 0 Å². The Bertz CT molecular complexity index is 409. The van der Waals surface area contributed by atoms with Gasteiger partial charge in [0, 0.05) is 31.1 Å². The summed E-state index contributed by atoms with van der Waals surface area (Å²) in [6.07, 6.45) is 0.487. The van der Waals surface area contributed by atoms with Crippen LogP contribution in [0, 0.1) is 0 Å². The zero-order chi connectivity index (χ0) is 11.5. The van der Waals surface area contributed by atoms with Crippen molar-refractivity contribution >= 4 is 17.5 Å². The van der Waals surface area contributed by atoms with Crippen LogP contribution >= 0.6 is 11.6 Å². The number of hydrogen-bond acceptors (Lipinski definition) is 3. The lowest BCUT2D eigenvalue weighted by Gasteiger charge is -2.11. The van der Waals surface area contributed by atoms with Gasteiger partial charge in [0.05, 0.1) is 5.02 Å². The van der Waals surface area contributed by atoms with Gasteiger partial charge in [-0.2, -0.15) is 0 Å². The molecule has 0 saturated carbocycles. The van der Waals surface area contributed by atoms with E-state index in [0.717, 1.165) is 5.56 Å². The third-order valence-corrected chi connectivity index (χ3v) is 2.93. The van der Waals surface area contributed by atoms with Crippen molar-refractivity contribution in [2.45, 2.75) is 19.0 Å². The van der Waals surface area contributed by atoms with Crippen molar-refractivity contribution < 1.29 is 9.90 Å². The third kappa shape index (κ3) is 2.46. The van der Waals surface area contributed by atoms with E-state index in [0.29, 0.717) is 24.5 Å². The lowest BCUT2D eigenvalue weighted by molar-refractivity contribution is -0.119. The summed E-state index contributed by atoms with van der Waals surface area (Å²) in [6.45, 7) is 1.15. The van der Waals surface area contributed by atoms with Gasteiger partial charge >= 0.3 is 0 Å². The first kappa shape index (κ1) is 11.2. The summed E-state index contributed by atoms with van der Waals surface area (Å²) in [5.74, 6) is 0.168. The minimum absolute atomic E-state index is 0.0628. The Hall–Kier alpha value is -1.26. The van der Waals surface area contributed by atoms with Crippen LogP contribution < -0.4 is 10.6 Å². The van der Waals surface area contributed by atoms with Crippen LogP contribution in [-0.2, 0) is 11.3 Å². The number of carbonyl (C=O) groups is 1. The zero-order valence-electron chi connectivity index (χ0n) is 8.66. The van der Waals surface area contributed by atoms with Crippen molar-refractivity contribution in [2.75, 3.05) is 6.54 Å². The molecule has 1 amide bonds. The molecule has 0 radical (unpaired) electrons. The maximum Gasteiger partial charge on any atom is 0.221 e. The number of phenols is 1. The van der Waals surface area contributed by atoms with Crippen LogP contribution in [0.2, 0.25) is 5.02 Å². The number of rotatable bonds is 3. The smallest absolute Gasteiger partial charge is 0.221 e. The maximum absolute atomic E-state index is 11.0. The average molecular weight is 241 g/mol. The summed E-state index contributed by atoms with van der Waals surface area (Å²) in [6, 6.07) is 5.36. The van der Waals surface area contributed by atoms with Gasteiger partial charge in [0.1, 0.15) is 5.75 Å². The molecule has 5 heteroatoms. The van der Waals surface area contributed by atoms with E-state index < -0.39 is 0 Å². The third-order valence-electron chi connectivity index (χ3n) is 2.63. The second-order valence-corrected chi connectivity index (χ2v) is 4.24. The van der Waals surface area contributed by atoms with E-state index in [1.165, 1.54) is 0 Å². The largest absolute Gasteiger partial charge is 0.506 e. The highest BCUT2D eigenvalue weighted by atomic mass is 35.5. The predicted molar refractivity (Wildman–Crippen MR) is 61.4 cm³/mol. The average Bonchev–Trinajstić information content (AvgIpc) is 2.67. The Labute approximate surface area is 98.6 Å². The van der Waals surface area contributed by atoms with Crippen LogP contribution in [0.1, 0.15) is 12.0 Å². The molecule has 16 heavy (non-hydrogen) atoms. The molecule has 1 aliphatic heterocycles. The molecule has 1 aliphatic rings. The Morgan fingerprint density at radius 2 is 2.38 bits per heavy atom. The molecule has 3 N–H and O–H groups in total. The quantitative estimate of drug-likeness (QED) is 0.740. The molecular formula is C11H13ClN2O2. The zero-order valence-corrected chi connectivity index (χ0v) is 9.42. The second-order valence-electron chi connectivity index (χ2n) is 3.83. The maximum atomic E-state index is 11.0. The number of amides is 1. The second kappa shape index (κ2) is 4.72. The molecule has 0 aliphatic carbocycles. The fourth-order valence-corrected chi connectivity index (χ4v) is 1.90. The standard InChI is InChI=1S/C11H13ClN2O2/c12-9-3-1-2-7(11(9)16)5-13-8-4-10(15)14-6-8/h1-3,8,13,16H,4-6H2,(H,14,15). The SMILES string of the molecule is O=C1CC(NCc2cccc(Cl)c2O)CN1. The van der Waals surface area contributed by atoms with Gasteiger partial charge < -0.3 is 15.7 Å². The molecule has 1 saturated heterocycles. The number of benzene rings is 1. The number of phenolic OH excluding ortho intramolecular Hbond substituents is 1. The van der Waals surface area contributed by atoms with E-state index in [-0.39, 0.29) is 17.7 Å². The normalized spacial score (nSPS) is 19.8. The molecule has 1 heterocycles. The number of carbonyl (C=O) groups excluding carboxylic acids is 1. The van der Waals surface area contributed by atoms with E-state index in [1.807, 2.05) is 0 Å². The topological polar surface area (TPSA) is 61.4 Å². The lowest BCUT2D eigenvalue weighted by atomic mass is 10.2. The van der Waals surface area contributed by atoms with Crippen molar-refractivity contribution in [3.8, 4) is 5.75 Å². The van der Waals surface area contributed by atoms with Crippen LogP contribution in [0.15, 0.2) is 18.2 Å². The highest BCUT2D eigenvalue weighted by Crippen LogP contribution is 2.26. The van der Waals surface area contributed by atoms with Crippen LogP contribution in [0.25, 0.3) is 0 Å². The van der Waals surface area contributed by atoms with E-state index in [1.54, 1.807) is 18.2 Å². The summed E-state index contributed by atoms with van der Waals surface area (Å²) >= 11 is 5.79. The van der Waals surface area contributed by atoms with Gasteiger partial charge in [-0.15, -0.1) is 0 Å². The van der Waals surface area contributed by atoms with Gasteiger partial charge in [0.2, 0.25) is 5.91 Å². The minimum Gasteiger partial charge on any atom is -0.506 e. The van der Waals surface area contributed by atoms with Gasteiger partial charge in [-0.3, -0.25) is 4.79 Å². The highest BCUT2D eigenvalue weighted by molar-refractivity contribution is 6.32. The van der Waals surface area contributed by atoms with Crippen LogP contribution in [0.3, 0.4) is 0 Å². The fraction of sp³-hybridized carbons (Fsp3) is 0.364. The van der Waals surface area contributed by atoms with Gasteiger partial charge in [-0.1, -0.05) is 23.7 Å². The fourth-order valence-electron chi connectivity index (χ4n) is 1.71. The molecule has 1 aromatic carbocycles. The molecule has 2 rings (SSSR count). The Balaban J connectivity index is 1.94. The summed E-state index contributed by atoms with van der Waals surface area (Å²) in [5, 5.41) is 16.0. The van der Waals surface area contributed by atoms with Crippen molar-refractivity contribution in [3.05, 3.63) is 28.8 Å². The van der Waals surface area contributed by atoms with E-state index in [2.05, 4.69) is 10.6 Å². The first-order valence-electron chi connectivity index (χ1n) is 5.13. The van der Waals surface area contributed by atoms with E-state index in [9.17, 15) is 9.90 Å². The summed E-state index contributed by atoms with van der Waals surface area (Å²) in [7, 11) is 0. The van der Waals surface area contributed by atoms with Gasteiger partial charge in [-0.05, 0) is 6.07 Å². The van der Waals surface area contributed by atoms with Crippen LogP contribution in [0.5, 0.6) is 5.75 Å². The Morgan fingerprint density at radius 3 is 3.06 bits per heavy atom. The highest BCUT2D eigenvalue weighted by Gasteiger charge is 2.20. The molecular weight excluding hydrogens is 228 g/mol. The van der Waals surface area contributed by atoms with Crippen LogP contribution in [0.4, 0.5) is 0 Å².